The summed E-state index contributed by atoms with van der Waals surface area (Å²) in [4.78, 5) is 24.4. The Hall–Kier alpha value is -2.67. The highest BCUT2D eigenvalue weighted by Gasteiger charge is 2.19. The molecule has 1 aliphatic heterocycles. The quantitative estimate of drug-likeness (QED) is 0.807. The lowest BCUT2D eigenvalue weighted by Gasteiger charge is -2.13. The predicted octanol–water partition coefficient (Wildman–Crippen LogP) is 2.76. The number of anilines is 2. The number of amides is 2. The van der Waals surface area contributed by atoms with Crippen LogP contribution in [-0.4, -0.2) is 34.3 Å². The van der Waals surface area contributed by atoms with Gasteiger partial charge in [-0.1, -0.05) is 32.0 Å². The third kappa shape index (κ3) is 4.49. The zero-order chi connectivity index (χ0) is 18.5. The van der Waals surface area contributed by atoms with Gasteiger partial charge in [-0.25, -0.2) is 0 Å². The Balaban J connectivity index is 1.58. The Bertz CT molecular complexity index is 779. The van der Waals surface area contributed by atoms with E-state index in [4.69, 9.17) is 4.74 Å². The minimum absolute atomic E-state index is 0.161. The van der Waals surface area contributed by atoms with Gasteiger partial charge in [-0.15, -0.1) is 0 Å². The average molecular weight is 356 g/mol. The second kappa shape index (κ2) is 8.14. The molecule has 0 aliphatic carbocycles. The molecule has 1 aromatic heterocycles. The maximum Gasteiger partial charge on any atom is 0.314 e. The molecular weight excluding hydrogens is 332 g/mol. The molecule has 1 saturated heterocycles. The molecule has 0 spiro atoms. The lowest BCUT2D eigenvalue weighted by Crippen LogP contribution is -2.29. The van der Waals surface area contributed by atoms with E-state index in [0.29, 0.717) is 17.9 Å². The summed E-state index contributed by atoms with van der Waals surface area (Å²) < 4.78 is 7.29. The molecule has 0 saturated carbocycles. The zero-order valence-electron chi connectivity index (χ0n) is 15.1. The molecule has 1 fully saturated rings. The van der Waals surface area contributed by atoms with Crippen LogP contribution in [0.2, 0.25) is 0 Å². The lowest BCUT2D eigenvalue weighted by atomic mass is 10.0. The van der Waals surface area contributed by atoms with Gasteiger partial charge in [0.15, 0.2) is 0 Å². The maximum atomic E-state index is 12.2. The molecule has 2 amide bonds. The maximum absolute atomic E-state index is 12.2. The Labute approximate surface area is 152 Å². The number of carbonyl (C=O) groups excluding carboxylic acids is 2. The van der Waals surface area contributed by atoms with Crippen LogP contribution in [0.4, 0.5) is 11.4 Å². The van der Waals surface area contributed by atoms with E-state index in [9.17, 15) is 9.59 Å². The highest BCUT2D eigenvalue weighted by atomic mass is 16.5. The van der Waals surface area contributed by atoms with Crippen LogP contribution < -0.4 is 10.6 Å². The monoisotopic (exact) mass is 356 g/mol. The number of carbonyl (C=O) groups is 2. The Morgan fingerprint density at radius 1 is 1.27 bits per heavy atom. The molecule has 1 aromatic carbocycles. The van der Waals surface area contributed by atoms with Crippen LogP contribution in [-0.2, 0) is 20.9 Å². The van der Waals surface area contributed by atoms with E-state index in [1.807, 2.05) is 32.0 Å². The first kappa shape index (κ1) is 18.1. The number of ether oxygens (including phenoxy) is 1. The standard InChI is InChI=1S/C19H24N4O3/c1-13(2)16-7-3-4-8-17(16)22-19(25)18(24)21-14-10-20-23(11-14)12-15-6-5-9-26-15/h3-4,7-8,10-11,13,15H,5-6,9,12H2,1-2H3,(H,21,24)(H,22,25)/t15-/m1/s1. The van der Waals surface area contributed by atoms with Gasteiger partial charge in [-0.2, -0.15) is 5.10 Å². The summed E-state index contributed by atoms with van der Waals surface area (Å²) >= 11 is 0. The number of hydrogen-bond acceptors (Lipinski definition) is 4. The van der Waals surface area contributed by atoms with E-state index in [0.717, 1.165) is 25.0 Å². The molecule has 1 aliphatic rings. The summed E-state index contributed by atoms with van der Waals surface area (Å²) in [5.74, 6) is -1.18. The van der Waals surface area contributed by atoms with Crippen LogP contribution in [0.3, 0.4) is 0 Å². The van der Waals surface area contributed by atoms with Crippen molar-refractivity contribution < 1.29 is 14.3 Å². The summed E-state index contributed by atoms with van der Waals surface area (Å²) in [6.07, 6.45) is 5.47. The minimum atomic E-state index is -0.722. The van der Waals surface area contributed by atoms with E-state index in [1.54, 1.807) is 16.9 Å². The molecule has 0 bridgehead atoms. The van der Waals surface area contributed by atoms with E-state index in [1.165, 1.54) is 6.20 Å². The topological polar surface area (TPSA) is 85.3 Å². The van der Waals surface area contributed by atoms with Gasteiger partial charge in [-0.3, -0.25) is 14.3 Å². The van der Waals surface area contributed by atoms with Crippen molar-refractivity contribution in [2.45, 2.75) is 45.3 Å². The molecule has 7 nitrogen and oxygen atoms in total. The average Bonchev–Trinajstić information content (AvgIpc) is 3.27. The Kier molecular flexibility index (Phi) is 5.68. The van der Waals surface area contributed by atoms with E-state index in [-0.39, 0.29) is 12.0 Å². The van der Waals surface area contributed by atoms with Crippen LogP contribution in [0.1, 0.15) is 38.2 Å². The molecule has 2 aromatic rings. The van der Waals surface area contributed by atoms with E-state index < -0.39 is 11.8 Å². The molecule has 2 heterocycles. The second-order valence-electron chi connectivity index (χ2n) is 6.74. The molecule has 0 radical (unpaired) electrons. The SMILES string of the molecule is CC(C)c1ccccc1NC(=O)C(=O)Nc1cnn(C[C@H]2CCCO2)c1. The normalized spacial score (nSPS) is 16.7. The van der Waals surface area contributed by atoms with Gasteiger partial charge in [0.25, 0.3) is 0 Å². The van der Waals surface area contributed by atoms with Crippen molar-refractivity contribution >= 4 is 23.2 Å². The molecule has 138 valence electrons. The van der Waals surface area contributed by atoms with Crippen LogP contribution in [0.15, 0.2) is 36.7 Å². The zero-order valence-corrected chi connectivity index (χ0v) is 15.1. The summed E-state index contributed by atoms with van der Waals surface area (Å²) in [5, 5.41) is 9.46. The fraction of sp³-hybridized carbons (Fsp3) is 0.421. The molecular formula is C19H24N4O3. The summed E-state index contributed by atoms with van der Waals surface area (Å²) in [5.41, 5.74) is 2.12. The number of nitrogens with one attached hydrogen (secondary N) is 2. The van der Waals surface area contributed by atoms with Crippen molar-refractivity contribution in [3.05, 3.63) is 42.2 Å². The van der Waals surface area contributed by atoms with Crippen LogP contribution in [0, 0.1) is 0 Å². The predicted molar refractivity (Wildman–Crippen MR) is 99.0 cm³/mol. The van der Waals surface area contributed by atoms with Crippen LogP contribution in [0.25, 0.3) is 0 Å². The van der Waals surface area contributed by atoms with E-state index >= 15 is 0 Å². The minimum Gasteiger partial charge on any atom is -0.376 e. The molecule has 0 unspecified atom stereocenters. The van der Waals surface area contributed by atoms with Crippen LogP contribution in [0.5, 0.6) is 0 Å². The van der Waals surface area contributed by atoms with Gasteiger partial charge in [0, 0.05) is 18.5 Å². The summed E-state index contributed by atoms with van der Waals surface area (Å²) in [6.45, 7) is 5.50. The van der Waals surface area contributed by atoms with Crippen molar-refractivity contribution in [2.24, 2.45) is 0 Å². The number of para-hydroxylation sites is 1. The van der Waals surface area contributed by atoms with Gasteiger partial charge >= 0.3 is 11.8 Å². The third-order valence-electron chi connectivity index (χ3n) is 4.34. The first-order valence-corrected chi connectivity index (χ1v) is 8.88. The first-order chi connectivity index (χ1) is 12.5. The van der Waals surface area contributed by atoms with E-state index in [2.05, 4.69) is 15.7 Å². The highest BCUT2D eigenvalue weighted by Crippen LogP contribution is 2.23. The largest absolute Gasteiger partial charge is 0.376 e. The fourth-order valence-electron chi connectivity index (χ4n) is 3.01. The highest BCUT2D eigenvalue weighted by molar-refractivity contribution is 6.43. The second-order valence-corrected chi connectivity index (χ2v) is 6.74. The summed E-state index contributed by atoms with van der Waals surface area (Å²) in [7, 11) is 0. The van der Waals surface area contributed by atoms with Gasteiger partial charge in [0.1, 0.15) is 0 Å². The smallest absolute Gasteiger partial charge is 0.314 e. The number of aromatic nitrogens is 2. The first-order valence-electron chi connectivity index (χ1n) is 8.88. The number of hydrogen-bond donors (Lipinski definition) is 2. The number of benzene rings is 1. The Morgan fingerprint density at radius 2 is 2.04 bits per heavy atom. The van der Waals surface area contributed by atoms with Crippen molar-refractivity contribution in [1.29, 1.82) is 0 Å². The molecule has 1 atom stereocenters. The third-order valence-corrected chi connectivity index (χ3v) is 4.34. The summed E-state index contributed by atoms with van der Waals surface area (Å²) in [6, 6.07) is 7.47. The lowest BCUT2D eigenvalue weighted by molar-refractivity contribution is -0.133. The van der Waals surface area contributed by atoms with Crippen LogP contribution >= 0.6 is 0 Å². The Morgan fingerprint density at radius 3 is 2.77 bits per heavy atom. The van der Waals surface area contributed by atoms with Crippen molar-refractivity contribution in [3.63, 3.8) is 0 Å². The fourth-order valence-corrected chi connectivity index (χ4v) is 3.01. The van der Waals surface area contributed by atoms with Crippen molar-refractivity contribution in [1.82, 2.24) is 9.78 Å². The van der Waals surface area contributed by atoms with Crippen molar-refractivity contribution in [3.8, 4) is 0 Å². The van der Waals surface area contributed by atoms with Crippen molar-refractivity contribution in [2.75, 3.05) is 17.2 Å². The molecule has 26 heavy (non-hydrogen) atoms. The number of rotatable bonds is 5. The molecule has 7 heteroatoms. The molecule has 2 N–H and O–H groups in total. The molecule has 3 rings (SSSR count). The van der Waals surface area contributed by atoms with Gasteiger partial charge in [-0.05, 0) is 30.4 Å². The van der Waals surface area contributed by atoms with Gasteiger partial charge in [0.2, 0.25) is 0 Å². The number of nitrogens with zero attached hydrogens (tertiary/aromatic N) is 2. The van der Waals surface area contributed by atoms with Gasteiger partial charge in [0.05, 0.1) is 24.5 Å². The van der Waals surface area contributed by atoms with Gasteiger partial charge < -0.3 is 15.4 Å².